The van der Waals surface area contributed by atoms with Crippen molar-refractivity contribution in [3.8, 4) is 5.75 Å². The number of amides is 1. The SMILES string of the molecule is COc1cccc(NC(=O)CN(C2CC2)C(C)c2cccc(C(F)(F)F)c2)c1. The molecule has 0 saturated heterocycles. The number of carbonyl (C=O) groups is 1. The normalized spacial score (nSPS) is 15.4. The first-order valence-electron chi connectivity index (χ1n) is 9.14. The van der Waals surface area contributed by atoms with Gasteiger partial charge in [-0.15, -0.1) is 0 Å². The Morgan fingerprint density at radius 2 is 1.93 bits per heavy atom. The van der Waals surface area contributed by atoms with Crippen molar-refractivity contribution in [3.05, 3.63) is 59.7 Å². The number of alkyl halides is 3. The Bertz CT molecular complexity index is 834. The van der Waals surface area contributed by atoms with Gasteiger partial charge in [-0.2, -0.15) is 13.2 Å². The number of rotatable bonds is 7. The molecular weight excluding hydrogens is 369 g/mol. The molecule has 0 aromatic heterocycles. The van der Waals surface area contributed by atoms with Crippen LogP contribution in [0.4, 0.5) is 18.9 Å². The van der Waals surface area contributed by atoms with E-state index in [1.165, 1.54) is 12.1 Å². The Morgan fingerprint density at radius 1 is 1.21 bits per heavy atom. The molecule has 1 amide bonds. The summed E-state index contributed by atoms with van der Waals surface area (Å²) in [5, 5.41) is 2.83. The third kappa shape index (κ3) is 5.04. The zero-order valence-electron chi connectivity index (χ0n) is 15.8. The minimum absolute atomic E-state index is 0.110. The molecule has 1 aliphatic carbocycles. The summed E-state index contributed by atoms with van der Waals surface area (Å²) in [6.45, 7) is 1.95. The monoisotopic (exact) mass is 392 g/mol. The standard InChI is InChI=1S/C21H23F3N2O2/c1-14(15-5-3-6-16(11-15)21(22,23)24)26(18-9-10-18)13-20(27)25-17-7-4-8-19(12-17)28-2/h3-8,11-12,14,18H,9-10,13H2,1-2H3,(H,25,27). The third-order valence-corrected chi connectivity index (χ3v) is 4.89. The molecule has 1 atom stereocenters. The number of hydrogen-bond donors (Lipinski definition) is 1. The number of methoxy groups -OCH3 is 1. The summed E-state index contributed by atoms with van der Waals surface area (Å²) in [6, 6.07) is 12.3. The summed E-state index contributed by atoms with van der Waals surface area (Å²) in [4.78, 5) is 14.5. The van der Waals surface area contributed by atoms with E-state index < -0.39 is 11.7 Å². The van der Waals surface area contributed by atoms with Crippen LogP contribution in [-0.2, 0) is 11.0 Å². The van der Waals surface area contributed by atoms with Crippen molar-refractivity contribution in [2.75, 3.05) is 19.0 Å². The molecule has 28 heavy (non-hydrogen) atoms. The predicted octanol–water partition coefficient (Wildman–Crippen LogP) is 4.88. The van der Waals surface area contributed by atoms with Crippen molar-refractivity contribution in [1.82, 2.24) is 4.90 Å². The molecule has 0 radical (unpaired) electrons. The van der Waals surface area contributed by atoms with Gasteiger partial charge in [-0.3, -0.25) is 9.69 Å². The summed E-state index contributed by atoms with van der Waals surface area (Å²) >= 11 is 0. The molecular formula is C21H23F3N2O2. The van der Waals surface area contributed by atoms with Crippen molar-refractivity contribution in [2.24, 2.45) is 0 Å². The first-order valence-corrected chi connectivity index (χ1v) is 9.14. The van der Waals surface area contributed by atoms with Gasteiger partial charge in [0.25, 0.3) is 0 Å². The highest BCUT2D eigenvalue weighted by molar-refractivity contribution is 5.92. The molecule has 7 heteroatoms. The minimum atomic E-state index is -4.39. The maximum atomic E-state index is 13.0. The Hall–Kier alpha value is -2.54. The van der Waals surface area contributed by atoms with Crippen molar-refractivity contribution < 1.29 is 22.7 Å². The van der Waals surface area contributed by atoms with E-state index in [4.69, 9.17) is 4.74 Å². The van der Waals surface area contributed by atoms with Gasteiger partial charge in [0, 0.05) is 23.8 Å². The number of benzene rings is 2. The number of nitrogens with one attached hydrogen (secondary N) is 1. The van der Waals surface area contributed by atoms with Crippen molar-refractivity contribution in [2.45, 2.75) is 38.0 Å². The van der Waals surface area contributed by atoms with E-state index in [9.17, 15) is 18.0 Å². The quantitative estimate of drug-likeness (QED) is 0.730. The largest absolute Gasteiger partial charge is 0.497 e. The first kappa shape index (κ1) is 20.2. The average molecular weight is 392 g/mol. The van der Waals surface area contributed by atoms with E-state index in [1.807, 2.05) is 11.8 Å². The van der Waals surface area contributed by atoms with Gasteiger partial charge < -0.3 is 10.1 Å². The molecule has 0 bridgehead atoms. The smallest absolute Gasteiger partial charge is 0.416 e. The Morgan fingerprint density at radius 3 is 2.57 bits per heavy atom. The molecule has 1 saturated carbocycles. The molecule has 150 valence electrons. The van der Waals surface area contributed by atoms with E-state index >= 15 is 0 Å². The number of hydrogen-bond acceptors (Lipinski definition) is 3. The highest BCUT2D eigenvalue weighted by Crippen LogP contribution is 2.36. The Balaban J connectivity index is 1.72. The maximum absolute atomic E-state index is 13.0. The fraction of sp³-hybridized carbons (Fsp3) is 0.381. The van der Waals surface area contributed by atoms with Crippen molar-refractivity contribution >= 4 is 11.6 Å². The number of nitrogens with zero attached hydrogens (tertiary/aromatic N) is 1. The highest BCUT2D eigenvalue weighted by atomic mass is 19.4. The minimum Gasteiger partial charge on any atom is -0.497 e. The lowest BCUT2D eigenvalue weighted by Crippen LogP contribution is -2.37. The van der Waals surface area contributed by atoms with Crippen LogP contribution in [0, 0.1) is 0 Å². The molecule has 0 spiro atoms. The molecule has 3 rings (SSSR count). The molecule has 2 aromatic rings. The van der Waals surface area contributed by atoms with Crippen LogP contribution in [0.3, 0.4) is 0 Å². The highest BCUT2D eigenvalue weighted by Gasteiger charge is 2.35. The fourth-order valence-corrected chi connectivity index (χ4v) is 3.22. The number of anilines is 1. The Labute approximate surface area is 162 Å². The number of halogens is 3. The van der Waals surface area contributed by atoms with Crippen LogP contribution >= 0.6 is 0 Å². The second kappa shape index (κ2) is 8.22. The summed E-state index contributed by atoms with van der Waals surface area (Å²) in [7, 11) is 1.55. The van der Waals surface area contributed by atoms with E-state index in [0.29, 0.717) is 17.0 Å². The zero-order chi connectivity index (χ0) is 20.3. The van der Waals surface area contributed by atoms with Crippen LogP contribution in [0.25, 0.3) is 0 Å². The van der Waals surface area contributed by atoms with E-state index in [-0.39, 0.29) is 24.5 Å². The predicted molar refractivity (Wildman–Crippen MR) is 101 cm³/mol. The molecule has 1 N–H and O–H groups in total. The molecule has 0 aliphatic heterocycles. The van der Waals surface area contributed by atoms with Gasteiger partial charge in [0.05, 0.1) is 19.2 Å². The topological polar surface area (TPSA) is 41.6 Å². The van der Waals surface area contributed by atoms with Crippen molar-refractivity contribution in [3.63, 3.8) is 0 Å². The summed E-state index contributed by atoms with van der Waals surface area (Å²) < 4.78 is 44.2. The van der Waals surface area contributed by atoms with Gasteiger partial charge in [0.2, 0.25) is 5.91 Å². The molecule has 0 heterocycles. The summed E-state index contributed by atoms with van der Waals surface area (Å²) in [6.07, 6.45) is -2.50. The second-order valence-electron chi connectivity index (χ2n) is 6.98. The van der Waals surface area contributed by atoms with Crippen LogP contribution in [0.1, 0.15) is 36.9 Å². The molecule has 1 fully saturated rings. The van der Waals surface area contributed by atoms with Crippen LogP contribution in [0.15, 0.2) is 48.5 Å². The number of ether oxygens (including phenoxy) is 1. The molecule has 2 aromatic carbocycles. The lowest BCUT2D eigenvalue weighted by Gasteiger charge is -2.29. The average Bonchev–Trinajstić information content (AvgIpc) is 3.50. The number of carbonyl (C=O) groups excluding carboxylic acids is 1. The van der Waals surface area contributed by atoms with Crippen LogP contribution in [-0.4, -0.2) is 30.5 Å². The summed E-state index contributed by atoms with van der Waals surface area (Å²) in [5.74, 6) is 0.424. The second-order valence-corrected chi connectivity index (χ2v) is 6.98. The van der Waals surface area contributed by atoms with Gasteiger partial charge in [-0.1, -0.05) is 18.2 Å². The van der Waals surface area contributed by atoms with E-state index in [2.05, 4.69) is 5.32 Å². The van der Waals surface area contributed by atoms with Gasteiger partial charge in [0.1, 0.15) is 5.75 Å². The van der Waals surface area contributed by atoms with Crippen molar-refractivity contribution in [1.29, 1.82) is 0 Å². The van der Waals surface area contributed by atoms with Crippen LogP contribution in [0.5, 0.6) is 5.75 Å². The van der Waals surface area contributed by atoms with Crippen LogP contribution in [0.2, 0.25) is 0 Å². The van der Waals surface area contributed by atoms with Gasteiger partial charge in [0.15, 0.2) is 0 Å². The van der Waals surface area contributed by atoms with Gasteiger partial charge >= 0.3 is 6.18 Å². The van der Waals surface area contributed by atoms with E-state index in [0.717, 1.165) is 18.9 Å². The van der Waals surface area contributed by atoms with Gasteiger partial charge in [-0.25, -0.2) is 0 Å². The molecule has 1 unspecified atom stereocenters. The zero-order valence-corrected chi connectivity index (χ0v) is 15.8. The molecule has 4 nitrogen and oxygen atoms in total. The third-order valence-electron chi connectivity index (χ3n) is 4.89. The van der Waals surface area contributed by atoms with E-state index in [1.54, 1.807) is 37.4 Å². The lowest BCUT2D eigenvalue weighted by molar-refractivity contribution is -0.137. The fourth-order valence-electron chi connectivity index (χ4n) is 3.22. The first-order chi connectivity index (χ1) is 13.3. The maximum Gasteiger partial charge on any atom is 0.416 e. The van der Waals surface area contributed by atoms with Crippen LogP contribution < -0.4 is 10.1 Å². The lowest BCUT2D eigenvalue weighted by atomic mass is 10.0. The summed E-state index contributed by atoms with van der Waals surface area (Å²) in [5.41, 5.74) is 0.496. The molecule has 1 aliphatic rings. The Kier molecular flexibility index (Phi) is 5.93. The van der Waals surface area contributed by atoms with Gasteiger partial charge in [-0.05, 0) is 49.6 Å².